The predicted molar refractivity (Wildman–Crippen MR) is 59.5 cm³/mol. The summed E-state index contributed by atoms with van der Waals surface area (Å²) < 4.78 is 0. The van der Waals surface area contributed by atoms with Gasteiger partial charge in [-0.1, -0.05) is 26.8 Å². The van der Waals surface area contributed by atoms with Gasteiger partial charge in [0.15, 0.2) is 0 Å². The van der Waals surface area contributed by atoms with Crippen LogP contribution in [0.25, 0.3) is 0 Å². The zero-order valence-electron chi connectivity index (χ0n) is 8.79. The average Bonchev–Trinajstić information content (AvgIpc) is 2.16. The first-order valence-corrected chi connectivity index (χ1v) is 5.95. The van der Waals surface area contributed by atoms with Crippen LogP contribution in [0.3, 0.4) is 0 Å². The number of thioether (sulfide) groups is 1. The molecule has 1 rings (SSSR count). The third-order valence-corrected chi connectivity index (χ3v) is 2.87. The van der Waals surface area contributed by atoms with Gasteiger partial charge in [0.2, 0.25) is 0 Å². The van der Waals surface area contributed by atoms with Crippen molar-refractivity contribution in [3.63, 3.8) is 0 Å². The molecule has 1 heterocycles. The standard InChI is InChI=1S/C11H17NS/c1-5-9-6-7-10(8(2)3)12-11(9)13-4/h6-8H,5H2,1-4H3. The number of aryl methyl sites for hydroxylation is 1. The molecule has 0 atom stereocenters. The number of hydrogen-bond donors (Lipinski definition) is 0. The Morgan fingerprint density at radius 2 is 2.08 bits per heavy atom. The number of rotatable bonds is 3. The largest absolute Gasteiger partial charge is 0.246 e. The molecule has 0 saturated heterocycles. The molecule has 0 amide bonds. The number of nitrogens with zero attached hydrogens (tertiary/aromatic N) is 1. The number of hydrogen-bond acceptors (Lipinski definition) is 2. The Morgan fingerprint density at radius 3 is 2.54 bits per heavy atom. The van der Waals surface area contributed by atoms with E-state index in [-0.39, 0.29) is 0 Å². The third-order valence-electron chi connectivity index (χ3n) is 2.13. The summed E-state index contributed by atoms with van der Waals surface area (Å²) in [6.45, 7) is 6.53. The van der Waals surface area contributed by atoms with Crippen molar-refractivity contribution in [3.8, 4) is 0 Å². The highest BCUT2D eigenvalue weighted by molar-refractivity contribution is 7.98. The van der Waals surface area contributed by atoms with Gasteiger partial charge in [-0.3, -0.25) is 0 Å². The summed E-state index contributed by atoms with van der Waals surface area (Å²) >= 11 is 1.74. The van der Waals surface area contributed by atoms with Crippen LogP contribution >= 0.6 is 11.8 Å². The molecule has 0 fully saturated rings. The van der Waals surface area contributed by atoms with Crippen LogP contribution in [-0.4, -0.2) is 11.2 Å². The second-order valence-corrected chi connectivity index (χ2v) is 4.21. The van der Waals surface area contributed by atoms with Crippen LogP contribution in [0.5, 0.6) is 0 Å². The molecule has 0 bridgehead atoms. The maximum atomic E-state index is 4.62. The first kappa shape index (κ1) is 10.6. The van der Waals surface area contributed by atoms with E-state index >= 15 is 0 Å². The lowest BCUT2D eigenvalue weighted by atomic mass is 10.1. The highest BCUT2D eigenvalue weighted by Crippen LogP contribution is 2.21. The molecule has 13 heavy (non-hydrogen) atoms. The second-order valence-electron chi connectivity index (χ2n) is 3.41. The zero-order valence-corrected chi connectivity index (χ0v) is 9.61. The molecule has 0 aliphatic rings. The van der Waals surface area contributed by atoms with E-state index in [0.717, 1.165) is 6.42 Å². The summed E-state index contributed by atoms with van der Waals surface area (Å²) in [7, 11) is 0. The predicted octanol–water partition coefficient (Wildman–Crippen LogP) is 3.49. The Hall–Kier alpha value is -0.500. The van der Waals surface area contributed by atoms with Crippen molar-refractivity contribution in [3.05, 3.63) is 23.4 Å². The SMILES string of the molecule is CCc1ccc(C(C)C)nc1SC. The Morgan fingerprint density at radius 1 is 1.38 bits per heavy atom. The van der Waals surface area contributed by atoms with Crippen molar-refractivity contribution >= 4 is 11.8 Å². The Bertz CT molecular complexity index is 281. The van der Waals surface area contributed by atoms with Crippen molar-refractivity contribution in [2.24, 2.45) is 0 Å². The van der Waals surface area contributed by atoms with Gasteiger partial charge in [0.05, 0.1) is 5.03 Å². The highest BCUT2D eigenvalue weighted by atomic mass is 32.2. The Balaban J connectivity index is 3.05. The van der Waals surface area contributed by atoms with E-state index in [2.05, 4.69) is 44.1 Å². The minimum atomic E-state index is 0.525. The van der Waals surface area contributed by atoms with Crippen molar-refractivity contribution in [1.29, 1.82) is 0 Å². The van der Waals surface area contributed by atoms with Gasteiger partial charge in [0, 0.05) is 5.69 Å². The molecular weight excluding hydrogens is 178 g/mol. The smallest absolute Gasteiger partial charge is 0.0992 e. The van der Waals surface area contributed by atoms with Gasteiger partial charge in [0.25, 0.3) is 0 Å². The molecule has 0 unspecified atom stereocenters. The van der Waals surface area contributed by atoms with E-state index in [9.17, 15) is 0 Å². The van der Waals surface area contributed by atoms with Gasteiger partial charge in [-0.15, -0.1) is 11.8 Å². The van der Waals surface area contributed by atoms with Crippen LogP contribution < -0.4 is 0 Å². The summed E-state index contributed by atoms with van der Waals surface area (Å²) in [5.41, 5.74) is 2.55. The average molecular weight is 195 g/mol. The minimum Gasteiger partial charge on any atom is -0.246 e. The monoisotopic (exact) mass is 195 g/mol. The molecule has 2 heteroatoms. The molecule has 0 saturated carbocycles. The fourth-order valence-electron chi connectivity index (χ4n) is 1.25. The molecule has 0 N–H and O–H groups in total. The van der Waals surface area contributed by atoms with E-state index in [0.29, 0.717) is 5.92 Å². The van der Waals surface area contributed by atoms with Gasteiger partial charge in [-0.05, 0) is 30.2 Å². The van der Waals surface area contributed by atoms with E-state index < -0.39 is 0 Å². The molecule has 1 nitrogen and oxygen atoms in total. The topological polar surface area (TPSA) is 12.9 Å². The molecule has 1 aromatic rings. The Kier molecular flexibility index (Phi) is 3.79. The van der Waals surface area contributed by atoms with Crippen molar-refractivity contribution in [2.45, 2.75) is 38.1 Å². The summed E-state index contributed by atoms with van der Waals surface area (Å²) in [4.78, 5) is 4.62. The minimum absolute atomic E-state index is 0.525. The van der Waals surface area contributed by atoms with Crippen molar-refractivity contribution < 1.29 is 0 Å². The van der Waals surface area contributed by atoms with E-state index in [1.807, 2.05) is 0 Å². The van der Waals surface area contributed by atoms with Gasteiger partial charge in [-0.25, -0.2) is 4.98 Å². The van der Waals surface area contributed by atoms with E-state index in [1.54, 1.807) is 11.8 Å². The highest BCUT2D eigenvalue weighted by Gasteiger charge is 2.05. The molecule has 0 aliphatic carbocycles. The zero-order chi connectivity index (χ0) is 9.84. The van der Waals surface area contributed by atoms with Gasteiger partial charge in [0.1, 0.15) is 0 Å². The molecule has 0 radical (unpaired) electrons. The van der Waals surface area contributed by atoms with Crippen LogP contribution in [0.1, 0.15) is 37.9 Å². The van der Waals surface area contributed by atoms with E-state index in [1.165, 1.54) is 16.3 Å². The lowest BCUT2D eigenvalue weighted by Crippen LogP contribution is -1.97. The molecular formula is C11H17NS. The lowest BCUT2D eigenvalue weighted by Gasteiger charge is -2.09. The van der Waals surface area contributed by atoms with Crippen LogP contribution in [0.4, 0.5) is 0 Å². The van der Waals surface area contributed by atoms with Crippen LogP contribution in [0.15, 0.2) is 17.2 Å². The summed E-state index contributed by atoms with van der Waals surface area (Å²) in [5, 5.41) is 1.19. The number of aromatic nitrogens is 1. The fraction of sp³-hybridized carbons (Fsp3) is 0.545. The first-order chi connectivity index (χ1) is 6.19. The fourth-order valence-corrected chi connectivity index (χ4v) is 1.92. The maximum absolute atomic E-state index is 4.62. The summed E-state index contributed by atoms with van der Waals surface area (Å²) in [6, 6.07) is 4.34. The van der Waals surface area contributed by atoms with Crippen molar-refractivity contribution in [2.75, 3.05) is 6.26 Å². The summed E-state index contributed by atoms with van der Waals surface area (Å²) in [5.74, 6) is 0.525. The van der Waals surface area contributed by atoms with Gasteiger partial charge < -0.3 is 0 Å². The molecule has 72 valence electrons. The molecule has 0 spiro atoms. The second kappa shape index (κ2) is 4.66. The summed E-state index contributed by atoms with van der Waals surface area (Å²) in [6.07, 6.45) is 3.16. The molecule has 1 aromatic heterocycles. The Labute approximate surface area is 85.0 Å². The van der Waals surface area contributed by atoms with E-state index in [4.69, 9.17) is 0 Å². The first-order valence-electron chi connectivity index (χ1n) is 4.72. The normalized spacial score (nSPS) is 10.8. The van der Waals surface area contributed by atoms with Crippen LogP contribution in [0.2, 0.25) is 0 Å². The van der Waals surface area contributed by atoms with Crippen LogP contribution in [0, 0.1) is 0 Å². The third kappa shape index (κ3) is 2.47. The maximum Gasteiger partial charge on any atom is 0.0992 e. The molecule has 0 aliphatic heterocycles. The van der Waals surface area contributed by atoms with Gasteiger partial charge >= 0.3 is 0 Å². The quantitative estimate of drug-likeness (QED) is 0.685. The van der Waals surface area contributed by atoms with Crippen LogP contribution in [-0.2, 0) is 6.42 Å². The van der Waals surface area contributed by atoms with Crippen molar-refractivity contribution in [1.82, 2.24) is 4.98 Å². The lowest BCUT2D eigenvalue weighted by molar-refractivity contribution is 0.793. The van der Waals surface area contributed by atoms with Gasteiger partial charge in [-0.2, -0.15) is 0 Å². The number of pyridine rings is 1. The molecule has 0 aromatic carbocycles.